The molecule has 0 bridgehead atoms. The third kappa shape index (κ3) is 1.95. The van der Waals surface area contributed by atoms with Gasteiger partial charge in [-0.15, -0.1) is 0 Å². The van der Waals surface area contributed by atoms with E-state index in [1.54, 1.807) is 13.2 Å². The first kappa shape index (κ1) is 9.49. The fourth-order valence-electron chi connectivity index (χ4n) is 1.06. The lowest BCUT2D eigenvalue weighted by molar-refractivity contribution is 0.184. The lowest BCUT2D eigenvalue weighted by Crippen LogP contribution is -2.01. The van der Waals surface area contributed by atoms with Crippen molar-refractivity contribution in [1.29, 1.82) is 5.26 Å². The van der Waals surface area contributed by atoms with Gasteiger partial charge in [-0.3, -0.25) is 0 Å². The summed E-state index contributed by atoms with van der Waals surface area (Å²) in [5, 5.41) is 8.69. The van der Waals surface area contributed by atoms with Gasteiger partial charge in [0, 0.05) is 18.4 Å². The van der Waals surface area contributed by atoms with Crippen molar-refractivity contribution >= 4 is 5.82 Å². The van der Waals surface area contributed by atoms with Gasteiger partial charge in [-0.25, -0.2) is 4.98 Å². The summed E-state index contributed by atoms with van der Waals surface area (Å²) in [4.78, 5) is 4.04. The number of ether oxygens (including phenoxy) is 1. The normalized spacial score (nSPS) is 9.62. The van der Waals surface area contributed by atoms with E-state index in [4.69, 9.17) is 15.7 Å². The van der Waals surface area contributed by atoms with E-state index in [9.17, 15) is 0 Å². The molecule has 2 N–H and O–H groups in total. The molecule has 1 rings (SSSR count). The summed E-state index contributed by atoms with van der Waals surface area (Å²) >= 11 is 0. The Morgan fingerprint density at radius 2 is 2.38 bits per heavy atom. The van der Waals surface area contributed by atoms with Crippen LogP contribution in [0.5, 0.6) is 0 Å². The molecule has 0 saturated carbocycles. The third-order valence-electron chi connectivity index (χ3n) is 1.77. The molecule has 1 heterocycles. The molecule has 4 nitrogen and oxygen atoms in total. The molecule has 0 radical (unpaired) electrons. The second-order valence-electron chi connectivity index (χ2n) is 2.71. The van der Waals surface area contributed by atoms with E-state index >= 15 is 0 Å². The second-order valence-corrected chi connectivity index (χ2v) is 2.71. The van der Waals surface area contributed by atoms with Crippen molar-refractivity contribution in [3.63, 3.8) is 0 Å². The topological polar surface area (TPSA) is 71.9 Å². The minimum Gasteiger partial charge on any atom is -0.383 e. The minimum absolute atomic E-state index is 0.278. The lowest BCUT2D eigenvalue weighted by atomic mass is 10.1. The molecule has 0 aliphatic heterocycles. The Labute approximate surface area is 77.0 Å². The van der Waals surface area contributed by atoms with Gasteiger partial charge in [0.05, 0.1) is 12.2 Å². The molecule has 4 heteroatoms. The predicted molar refractivity (Wildman–Crippen MR) is 48.8 cm³/mol. The van der Waals surface area contributed by atoms with Crippen LogP contribution in [0, 0.1) is 18.3 Å². The average molecular weight is 177 g/mol. The van der Waals surface area contributed by atoms with Crippen molar-refractivity contribution in [3.05, 3.63) is 22.9 Å². The molecule has 0 aliphatic carbocycles. The Balaban J connectivity index is 3.16. The maximum atomic E-state index is 8.69. The number of nitrogens with two attached hydrogens (primary N) is 1. The van der Waals surface area contributed by atoms with Crippen LogP contribution in [0.2, 0.25) is 0 Å². The largest absolute Gasteiger partial charge is 0.383 e. The number of nitriles is 1. The van der Waals surface area contributed by atoms with Gasteiger partial charge in [0.2, 0.25) is 0 Å². The van der Waals surface area contributed by atoms with Crippen molar-refractivity contribution in [2.45, 2.75) is 13.5 Å². The van der Waals surface area contributed by atoms with E-state index in [0.29, 0.717) is 12.2 Å². The number of rotatable bonds is 2. The summed E-state index contributed by atoms with van der Waals surface area (Å²) in [5.41, 5.74) is 7.62. The van der Waals surface area contributed by atoms with Gasteiger partial charge in [-0.1, -0.05) is 0 Å². The highest BCUT2D eigenvalue weighted by Gasteiger charge is 2.05. The molecule has 0 saturated heterocycles. The number of nitrogen functional groups attached to an aromatic ring is 1. The molecular formula is C9H11N3O. The van der Waals surface area contributed by atoms with Crippen LogP contribution in [0.25, 0.3) is 0 Å². The van der Waals surface area contributed by atoms with Crippen LogP contribution < -0.4 is 5.73 Å². The van der Waals surface area contributed by atoms with Crippen molar-refractivity contribution in [2.75, 3.05) is 12.8 Å². The number of hydrogen-bond donors (Lipinski definition) is 1. The third-order valence-corrected chi connectivity index (χ3v) is 1.77. The van der Waals surface area contributed by atoms with Crippen LogP contribution in [0.4, 0.5) is 5.82 Å². The molecule has 1 aromatic rings. The van der Waals surface area contributed by atoms with Gasteiger partial charge in [-0.2, -0.15) is 5.26 Å². The van der Waals surface area contributed by atoms with Crippen LogP contribution >= 0.6 is 0 Å². The maximum absolute atomic E-state index is 8.69. The zero-order valence-electron chi connectivity index (χ0n) is 7.66. The van der Waals surface area contributed by atoms with Crippen molar-refractivity contribution in [1.82, 2.24) is 4.98 Å². The first-order chi connectivity index (χ1) is 6.19. The van der Waals surface area contributed by atoms with E-state index in [-0.39, 0.29) is 5.82 Å². The number of hydrogen-bond acceptors (Lipinski definition) is 4. The van der Waals surface area contributed by atoms with Crippen molar-refractivity contribution in [2.24, 2.45) is 0 Å². The van der Waals surface area contributed by atoms with Crippen LogP contribution in [0.15, 0.2) is 6.07 Å². The Morgan fingerprint density at radius 1 is 1.69 bits per heavy atom. The van der Waals surface area contributed by atoms with E-state index < -0.39 is 0 Å². The van der Waals surface area contributed by atoms with Gasteiger partial charge in [-0.05, 0) is 13.0 Å². The highest BCUT2D eigenvalue weighted by Crippen LogP contribution is 2.14. The van der Waals surface area contributed by atoms with Crippen LogP contribution in [0.1, 0.15) is 16.8 Å². The number of nitrogens with zero attached hydrogens (tertiary/aromatic N) is 2. The van der Waals surface area contributed by atoms with Crippen molar-refractivity contribution in [3.8, 4) is 6.07 Å². The standard InChI is InChI=1S/C9H11N3O/c1-6-8(5-13-2)3-7(4-10)9(11)12-6/h3H,5H2,1-2H3,(H2,11,12). The summed E-state index contributed by atoms with van der Waals surface area (Å²) in [7, 11) is 1.60. The maximum Gasteiger partial charge on any atom is 0.141 e. The molecule has 68 valence electrons. The van der Waals surface area contributed by atoms with E-state index in [2.05, 4.69) is 4.98 Å². The molecule has 0 spiro atoms. The summed E-state index contributed by atoms with van der Waals surface area (Å²) in [6.07, 6.45) is 0. The van der Waals surface area contributed by atoms with E-state index in [1.165, 1.54) is 0 Å². The smallest absolute Gasteiger partial charge is 0.141 e. The highest BCUT2D eigenvalue weighted by molar-refractivity contribution is 5.50. The Kier molecular flexibility index (Phi) is 2.83. The van der Waals surface area contributed by atoms with Crippen LogP contribution in [-0.2, 0) is 11.3 Å². The summed E-state index contributed by atoms with van der Waals surface area (Å²) in [6, 6.07) is 3.69. The molecule has 0 aliphatic rings. The zero-order chi connectivity index (χ0) is 9.84. The molecule has 0 unspecified atom stereocenters. The average Bonchev–Trinajstić information content (AvgIpc) is 2.10. The monoisotopic (exact) mass is 177 g/mol. The predicted octanol–water partition coefficient (Wildman–Crippen LogP) is 0.990. The number of pyridine rings is 1. The molecule has 0 fully saturated rings. The van der Waals surface area contributed by atoms with Gasteiger partial charge in [0.25, 0.3) is 0 Å². The van der Waals surface area contributed by atoms with Crippen molar-refractivity contribution < 1.29 is 4.74 Å². The molecular weight excluding hydrogens is 166 g/mol. The number of anilines is 1. The Bertz CT molecular complexity index is 355. The first-order valence-electron chi connectivity index (χ1n) is 3.84. The first-order valence-corrected chi connectivity index (χ1v) is 3.84. The zero-order valence-corrected chi connectivity index (χ0v) is 7.66. The van der Waals surface area contributed by atoms with Gasteiger partial charge >= 0.3 is 0 Å². The summed E-state index contributed by atoms with van der Waals surface area (Å²) in [6.45, 7) is 2.29. The molecule has 0 aromatic carbocycles. The number of aryl methyl sites for hydroxylation is 1. The fraction of sp³-hybridized carbons (Fsp3) is 0.333. The summed E-state index contributed by atoms with van der Waals surface area (Å²) in [5.74, 6) is 0.278. The van der Waals surface area contributed by atoms with Gasteiger partial charge in [0.15, 0.2) is 0 Å². The molecule has 13 heavy (non-hydrogen) atoms. The Morgan fingerprint density at radius 3 is 2.92 bits per heavy atom. The minimum atomic E-state index is 0.278. The quantitative estimate of drug-likeness (QED) is 0.731. The van der Waals surface area contributed by atoms with E-state index in [1.807, 2.05) is 13.0 Å². The van der Waals surface area contributed by atoms with E-state index in [0.717, 1.165) is 11.3 Å². The highest BCUT2D eigenvalue weighted by atomic mass is 16.5. The van der Waals surface area contributed by atoms with Crippen LogP contribution in [0.3, 0.4) is 0 Å². The molecule has 1 aromatic heterocycles. The molecule has 0 amide bonds. The second kappa shape index (κ2) is 3.87. The van der Waals surface area contributed by atoms with Gasteiger partial charge in [0.1, 0.15) is 11.9 Å². The van der Waals surface area contributed by atoms with Crippen LogP contribution in [-0.4, -0.2) is 12.1 Å². The lowest BCUT2D eigenvalue weighted by Gasteiger charge is -2.05. The Hall–Kier alpha value is -1.60. The fourth-order valence-corrected chi connectivity index (χ4v) is 1.06. The number of methoxy groups -OCH3 is 1. The summed E-state index contributed by atoms with van der Waals surface area (Å²) < 4.78 is 4.96. The number of aromatic nitrogens is 1. The molecule has 0 atom stereocenters. The van der Waals surface area contributed by atoms with Gasteiger partial charge < -0.3 is 10.5 Å². The SMILES string of the molecule is COCc1cc(C#N)c(N)nc1C.